The van der Waals surface area contributed by atoms with Crippen LogP contribution in [0.15, 0.2) is 18.2 Å². The van der Waals surface area contributed by atoms with E-state index >= 15 is 0 Å². The summed E-state index contributed by atoms with van der Waals surface area (Å²) in [5.41, 5.74) is 0.556. The molecule has 22 heavy (non-hydrogen) atoms. The number of hydrogen-bond acceptors (Lipinski definition) is 3. The topological polar surface area (TPSA) is 24.5 Å². The minimum Gasteiger partial charge on any atom is -0.373 e. The van der Waals surface area contributed by atoms with E-state index in [9.17, 15) is 4.39 Å². The largest absolute Gasteiger partial charge is 0.373 e. The summed E-state index contributed by atoms with van der Waals surface area (Å²) in [5, 5.41) is 3.76. The van der Waals surface area contributed by atoms with Crippen LogP contribution in [-0.4, -0.2) is 43.3 Å². The van der Waals surface area contributed by atoms with E-state index < -0.39 is 0 Å². The highest BCUT2D eigenvalue weighted by Crippen LogP contribution is 2.18. The Morgan fingerprint density at radius 1 is 1.27 bits per heavy atom. The molecule has 1 aliphatic heterocycles. The van der Waals surface area contributed by atoms with Crippen LogP contribution in [0.2, 0.25) is 5.02 Å². The highest BCUT2D eigenvalue weighted by Gasteiger charge is 2.21. The highest BCUT2D eigenvalue weighted by atomic mass is 35.5. The van der Waals surface area contributed by atoms with Gasteiger partial charge < -0.3 is 10.1 Å². The number of nitrogens with zero attached hydrogens (tertiary/aromatic N) is 1. The predicted molar refractivity (Wildman–Crippen MR) is 88.8 cm³/mol. The molecule has 1 aromatic rings. The average molecular weight is 329 g/mol. The van der Waals surface area contributed by atoms with Crippen molar-refractivity contribution in [2.45, 2.75) is 45.4 Å². The molecule has 0 bridgehead atoms. The summed E-state index contributed by atoms with van der Waals surface area (Å²) < 4.78 is 19.3. The van der Waals surface area contributed by atoms with Crippen molar-refractivity contribution in [3.05, 3.63) is 34.6 Å². The number of halogens is 2. The van der Waals surface area contributed by atoms with Crippen molar-refractivity contribution in [1.82, 2.24) is 10.2 Å². The molecular formula is C17H26ClFN2O. The van der Waals surface area contributed by atoms with Crippen LogP contribution in [0.25, 0.3) is 0 Å². The van der Waals surface area contributed by atoms with E-state index in [1.165, 1.54) is 6.07 Å². The van der Waals surface area contributed by atoms with Gasteiger partial charge in [0.05, 0.1) is 12.2 Å². The van der Waals surface area contributed by atoms with Crippen LogP contribution in [0.3, 0.4) is 0 Å². The fraction of sp³-hybridized carbons (Fsp3) is 0.647. The Kier molecular flexibility index (Phi) is 7.09. The molecule has 124 valence electrons. The third-order valence-electron chi connectivity index (χ3n) is 3.94. The molecule has 3 nitrogen and oxygen atoms in total. The number of morpholine rings is 1. The Hall–Kier alpha value is -0.680. The van der Waals surface area contributed by atoms with E-state index in [1.807, 2.05) is 0 Å². The first-order valence-corrected chi connectivity index (χ1v) is 8.45. The van der Waals surface area contributed by atoms with Crippen molar-refractivity contribution < 1.29 is 9.13 Å². The molecule has 0 amide bonds. The van der Waals surface area contributed by atoms with Crippen LogP contribution < -0.4 is 5.32 Å². The fourth-order valence-electron chi connectivity index (χ4n) is 2.97. The van der Waals surface area contributed by atoms with Gasteiger partial charge in [-0.2, -0.15) is 0 Å². The van der Waals surface area contributed by atoms with Crippen LogP contribution >= 0.6 is 11.6 Å². The van der Waals surface area contributed by atoms with Gasteiger partial charge in [-0.05, 0) is 51.9 Å². The van der Waals surface area contributed by atoms with Gasteiger partial charge in [0.2, 0.25) is 0 Å². The van der Waals surface area contributed by atoms with Crippen LogP contribution in [-0.2, 0) is 11.3 Å². The molecule has 2 unspecified atom stereocenters. The Labute approximate surface area is 137 Å². The molecule has 0 saturated carbocycles. The molecular weight excluding hydrogens is 303 g/mol. The summed E-state index contributed by atoms with van der Waals surface area (Å²) >= 11 is 6.00. The maximum absolute atomic E-state index is 13.6. The zero-order valence-electron chi connectivity index (χ0n) is 13.4. The van der Waals surface area contributed by atoms with E-state index in [4.69, 9.17) is 16.3 Å². The normalized spacial score (nSPS) is 22.9. The van der Waals surface area contributed by atoms with Gasteiger partial charge in [-0.25, -0.2) is 4.39 Å². The summed E-state index contributed by atoms with van der Waals surface area (Å²) in [6, 6.07) is 4.80. The van der Waals surface area contributed by atoms with Crippen molar-refractivity contribution in [2.75, 3.05) is 26.2 Å². The molecule has 2 atom stereocenters. The summed E-state index contributed by atoms with van der Waals surface area (Å²) in [6.45, 7) is 8.74. The van der Waals surface area contributed by atoms with Gasteiger partial charge in [0.15, 0.2) is 0 Å². The van der Waals surface area contributed by atoms with E-state index in [-0.39, 0.29) is 5.82 Å². The number of ether oxygens (including phenoxy) is 1. The highest BCUT2D eigenvalue weighted by molar-refractivity contribution is 6.31. The van der Waals surface area contributed by atoms with E-state index in [1.54, 1.807) is 12.1 Å². The first kappa shape index (κ1) is 17.7. The second kappa shape index (κ2) is 8.82. The lowest BCUT2D eigenvalue weighted by Crippen LogP contribution is -2.45. The van der Waals surface area contributed by atoms with Gasteiger partial charge in [0, 0.05) is 30.2 Å². The van der Waals surface area contributed by atoms with Crippen molar-refractivity contribution in [1.29, 1.82) is 0 Å². The van der Waals surface area contributed by atoms with Crippen molar-refractivity contribution in [2.24, 2.45) is 0 Å². The van der Waals surface area contributed by atoms with Gasteiger partial charge >= 0.3 is 0 Å². The Bertz CT molecular complexity index is 442. The lowest BCUT2D eigenvalue weighted by atomic mass is 10.2. The van der Waals surface area contributed by atoms with Crippen molar-refractivity contribution in [3.63, 3.8) is 0 Å². The van der Waals surface area contributed by atoms with Gasteiger partial charge in [0.1, 0.15) is 5.82 Å². The van der Waals surface area contributed by atoms with Crippen LogP contribution in [0.5, 0.6) is 0 Å². The molecule has 0 spiro atoms. The monoisotopic (exact) mass is 328 g/mol. The molecule has 0 aliphatic carbocycles. The summed E-state index contributed by atoms with van der Waals surface area (Å²) in [5.74, 6) is -0.240. The molecule has 1 aliphatic rings. The summed E-state index contributed by atoms with van der Waals surface area (Å²) in [7, 11) is 0. The Balaban J connectivity index is 1.60. The third-order valence-corrected chi connectivity index (χ3v) is 4.29. The third kappa shape index (κ3) is 5.51. The predicted octanol–water partition coefficient (Wildman–Crippen LogP) is 3.46. The molecule has 0 aromatic heterocycles. The SMILES string of the molecule is CC1CN(CCCCNCc2c(F)cccc2Cl)CC(C)O1. The van der Waals surface area contributed by atoms with Gasteiger partial charge in [0.25, 0.3) is 0 Å². The van der Waals surface area contributed by atoms with E-state index in [2.05, 4.69) is 24.1 Å². The minimum atomic E-state index is -0.240. The second-order valence-electron chi connectivity index (χ2n) is 6.10. The minimum absolute atomic E-state index is 0.240. The molecule has 1 aromatic carbocycles. The molecule has 0 radical (unpaired) electrons. The molecule has 2 rings (SSSR count). The van der Waals surface area contributed by atoms with Gasteiger partial charge in [-0.3, -0.25) is 4.90 Å². The zero-order valence-corrected chi connectivity index (χ0v) is 14.2. The van der Waals surface area contributed by atoms with Gasteiger partial charge in [-0.1, -0.05) is 17.7 Å². The summed E-state index contributed by atoms with van der Waals surface area (Å²) in [6.07, 6.45) is 2.86. The number of unbranched alkanes of at least 4 members (excludes halogenated alkanes) is 1. The average Bonchev–Trinajstić information content (AvgIpc) is 2.44. The van der Waals surface area contributed by atoms with Crippen LogP contribution in [0.4, 0.5) is 4.39 Å². The molecule has 1 heterocycles. The number of hydrogen-bond donors (Lipinski definition) is 1. The standard InChI is InChI=1S/C17H26ClFN2O/c1-13-11-21(12-14(2)22-13)9-4-3-8-20-10-15-16(18)6-5-7-17(15)19/h5-7,13-14,20H,3-4,8-12H2,1-2H3. The van der Waals surface area contributed by atoms with Gasteiger partial charge in [-0.15, -0.1) is 0 Å². The lowest BCUT2D eigenvalue weighted by molar-refractivity contribution is -0.0681. The Morgan fingerprint density at radius 3 is 2.68 bits per heavy atom. The lowest BCUT2D eigenvalue weighted by Gasteiger charge is -2.35. The smallest absolute Gasteiger partial charge is 0.129 e. The number of nitrogens with one attached hydrogen (secondary N) is 1. The van der Waals surface area contributed by atoms with E-state index in [0.717, 1.165) is 39.0 Å². The number of benzene rings is 1. The van der Waals surface area contributed by atoms with Crippen molar-refractivity contribution >= 4 is 11.6 Å². The quantitative estimate of drug-likeness (QED) is 0.776. The maximum atomic E-state index is 13.6. The Morgan fingerprint density at radius 2 is 2.00 bits per heavy atom. The molecule has 5 heteroatoms. The molecule has 1 fully saturated rings. The molecule has 1 N–H and O–H groups in total. The first-order chi connectivity index (χ1) is 10.6. The zero-order chi connectivity index (χ0) is 15.9. The van der Waals surface area contributed by atoms with Crippen molar-refractivity contribution in [3.8, 4) is 0 Å². The van der Waals surface area contributed by atoms with Crippen LogP contribution in [0.1, 0.15) is 32.3 Å². The molecule has 1 saturated heterocycles. The van der Waals surface area contributed by atoms with E-state index in [0.29, 0.717) is 29.3 Å². The number of rotatable bonds is 7. The fourth-order valence-corrected chi connectivity index (χ4v) is 3.20. The van der Waals surface area contributed by atoms with Crippen LogP contribution in [0, 0.1) is 5.82 Å². The first-order valence-electron chi connectivity index (χ1n) is 8.07. The maximum Gasteiger partial charge on any atom is 0.129 e. The second-order valence-corrected chi connectivity index (χ2v) is 6.51. The summed E-state index contributed by atoms with van der Waals surface area (Å²) in [4.78, 5) is 2.46.